The Bertz CT molecular complexity index is 832. The van der Waals surface area contributed by atoms with Gasteiger partial charge in [-0.1, -0.05) is 39.7 Å². The Hall–Kier alpha value is -2.25. The monoisotopic (exact) mass is 468 g/mol. The SMILES string of the molecule is COC(=O)CC(NC(=O)CCNc1cc(Cl)ccc1OC)c1cccc(Br)c1. The number of benzene rings is 2. The van der Waals surface area contributed by atoms with Gasteiger partial charge in [0, 0.05) is 22.5 Å². The van der Waals surface area contributed by atoms with Crippen molar-refractivity contribution in [1.82, 2.24) is 5.32 Å². The maximum Gasteiger partial charge on any atom is 0.307 e. The van der Waals surface area contributed by atoms with Crippen molar-refractivity contribution < 1.29 is 19.1 Å². The summed E-state index contributed by atoms with van der Waals surface area (Å²) in [7, 11) is 2.89. The molecule has 150 valence electrons. The molecule has 0 aliphatic rings. The standard InChI is InChI=1S/C20H22BrClN2O4/c1-27-18-7-6-15(22)11-17(18)23-9-8-19(25)24-16(12-20(26)28-2)13-4-3-5-14(21)10-13/h3-7,10-11,16,23H,8-9,12H2,1-2H3,(H,24,25). The Kier molecular flexibility index (Phi) is 8.60. The van der Waals surface area contributed by atoms with Crippen LogP contribution in [-0.2, 0) is 14.3 Å². The number of hydrogen-bond acceptors (Lipinski definition) is 5. The zero-order valence-electron chi connectivity index (χ0n) is 15.6. The summed E-state index contributed by atoms with van der Waals surface area (Å²) in [6.45, 7) is 0.381. The van der Waals surface area contributed by atoms with E-state index in [0.717, 1.165) is 10.0 Å². The van der Waals surface area contributed by atoms with Crippen LogP contribution in [-0.4, -0.2) is 32.6 Å². The predicted molar refractivity (Wildman–Crippen MR) is 113 cm³/mol. The fraction of sp³-hybridized carbons (Fsp3) is 0.300. The first-order chi connectivity index (χ1) is 13.4. The molecule has 1 atom stereocenters. The molecule has 0 bridgehead atoms. The second kappa shape index (κ2) is 10.9. The Balaban J connectivity index is 1.98. The third-order valence-corrected chi connectivity index (χ3v) is 4.74. The summed E-state index contributed by atoms with van der Waals surface area (Å²) in [5, 5.41) is 6.60. The van der Waals surface area contributed by atoms with Crippen LogP contribution in [0.25, 0.3) is 0 Å². The minimum atomic E-state index is -0.474. The van der Waals surface area contributed by atoms with Crippen molar-refractivity contribution in [2.45, 2.75) is 18.9 Å². The quantitative estimate of drug-likeness (QED) is 0.535. The molecule has 0 saturated carbocycles. The first-order valence-corrected chi connectivity index (χ1v) is 9.79. The second-order valence-electron chi connectivity index (χ2n) is 5.98. The molecule has 28 heavy (non-hydrogen) atoms. The van der Waals surface area contributed by atoms with Gasteiger partial charge in [0.05, 0.1) is 32.4 Å². The Morgan fingerprint density at radius 1 is 1.18 bits per heavy atom. The number of halogens is 2. The van der Waals surface area contributed by atoms with E-state index in [0.29, 0.717) is 23.0 Å². The first kappa shape index (κ1) is 22.0. The lowest BCUT2D eigenvalue weighted by atomic mass is 10.0. The van der Waals surface area contributed by atoms with E-state index in [4.69, 9.17) is 21.1 Å². The van der Waals surface area contributed by atoms with E-state index in [2.05, 4.69) is 26.6 Å². The van der Waals surface area contributed by atoms with E-state index in [9.17, 15) is 9.59 Å². The number of ether oxygens (including phenoxy) is 2. The number of esters is 1. The molecule has 6 nitrogen and oxygen atoms in total. The normalized spacial score (nSPS) is 11.4. The summed E-state index contributed by atoms with van der Waals surface area (Å²) in [6, 6.07) is 12.2. The van der Waals surface area contributed by atoms with Gasteiger partial charge in [-0.25, -0.2) is 0 Å². The summed E-state index contributed by atoms with van der Waals surface area (Å²) in [6.07, 6.45) is 0.260. The Morgan fingerprint density at radius 2 is 1.96 bits per heavy atom. The van der Waals surface area contributed by atoms with Crippen molar-refractivity contribution in [2.75, 3.05) is 26.1 Å². The van der Waals surface area contributed by atoms with Gasteiger partial charge >= 0.3 is 5.97 Å². The van der Waals surface area contributed by atoms with Crippen LogP contribution in [0, 0.1) is 0 Å². The zero-order chi connectivity index (χ0) is 20.5. The highest BCUT2D eigenvalue weighted by Gasteiger charge is 2.19. The van der Waals surface area contributed by atoms with Gasteiger partial charge in [-0.3, -0.25) is 9.59 Å². The molecule has 8 heteroatoms. The molecule has 1 amide bonds. The van der Waals surface area contributed by atoms with Crippen molar-refractivity contribution in [2.24, 2.45) is 0 Å². The zero-order valence-corrected chi connectivity index (χ0v) is 18.0. The summed E-state index contributed by atoms with van der Waals surface area (Å²) >= 11 is 9.41. The number of anilines is 1. The second-order valence-corrected chi connectivity index (χ2v) is 7.33. The highest BCUT2D eigenvalue weighted by molar-refractivity contribution is 9.10. The fourth-order valence-corrected chi connectivity index (χ4v) is 3.21. The number of nitrogens with one attached hydrogen (secondary N) is 2. The van der Waals surface area contributed by atoms with Crippen LogP contribution < -0.4 is 15.4 Å². The van der Waals surface area contributed by atoms with E-state index in [1.807, 2.05) is 24.3 Å². The maximum atomic E-state index is 12.4. The van der Waals surface area contributed by atoms with E-state index in [-0.39, 0.29) is 18.7 Å². The van der Waals surface area contributed by atoms with Crippen molar-refractivity contribution >= 4 is 45.1 Å². The number of amides is 1. The molecule has 0 heterocycles. The van der Waals surface area contributed by atoms with Crippen LogP contribution in [0.3, 0.4) is 0 Å². The van der Waals surface area contributed by atoms with Gasteiger partial charge in [0.1, 0.15) is 5.75 Å². The summed E-state index contributed by atoms with van der Waals surface area (Å²) in [4.78, 5) is 24.2. The molecule has 0 fully saturated rings. The first-order valence-electron chi connectivity index (χ1n) is 8.62. The molecule has 0 aromatic heterocycles. The van der Waals surface area contributed by atoms with Gasteiger partial charge in [-0.2, -0.15) is 0 Å². The van der Waals surface area contributed by atoms with Crippen molar-refractivity contribution in [3.63, 3.8) is 0 Å². The maximum absolute atomic E-state index is 12.4. The van der Waals surface area contributed by atoms with Gasteiger partial charge < -0.3 is 20.1 Å². The lowest BCUT2D eigenvalue weighted by Crippen LogP contribution is -2.31. The van der Waals surface area contributed by atoms with E-state index in [1.54, 1.807) is 25.3 Å². The minimum Gasteiger partial charge on any atom is -0.495 e. The van der Waals surface area contributed by atoms with Gasteiger partial charge in [0.2, 0.25) is 5.91 Å². The van der Waals surface area contributed by atoms with Crippen LogP contribution in [0.5, 0.6) is 5.75 Å². The molecule has 0 saturated heterocycles. The summed E-state index contributed by atoms with van der Waals surface area (Å²) in [5.41, 5.74) is 1.53. The smallest absolute Gasteiger partial charge is 0.307 e. The molecule has 0 aliphatic carbocycles. The molecule has 2 rings (SSSR count). The van der Waals surface area contributed by atoms with Gasteiger partial charge in [-0.05, 0) is 35.9 Å². The van der Waals surface area contributed by atoms with Crippen LogP contribution in [0.2, 0.25) is 5.02 Å². The van der Waals surface area contributed by atoms with Crippen LogP contribution >= 0.6 is 27.5 Å². The lowest BCUT2D eigenvalue weighted by molar-refractivity contribution is -0.141. The van der Waals surface area contributed by atoms with Gasteiger partial charge in [0.25, 0.3) is 0 Å². The average Bonchev–Trinajstić information content (AvgIpc) is 2.67. The largest absolute Gasteiger partial charge is 0.495 e. The number of carbonyl (C=O) groups is 2. The molecule has 2 N–H and O–H groups in total. The predicted octanol–water partition coefficient (Wildman–Crippen LogP) is 4.33. The van der Waals surface area contributed by atoms with E-state index < -0.39 is 12.0 Å². The Labute approximate surface area is 177 Å². The van der Waals surface area contributed by atoms with Crippen LogP contribution in [0.15, 0.2) is 46.9 Å². The van der Waals surface area contributed by atoms with Crippen molar-refractivity contribution in [3.05, 3.63) is 57.5 Å². The average molecular weight is 470 g/mol. The molecule has 2 aromatic rings. The minimum absolute atomic E-state index is 0.0498. The van der Waals surface area contributed by atoms with Crippen molar-refractivity contribution in [3.8, 4) is 5.75 Å². The summed E-state index contributed by atoms with van der Waals surface area (Å²) < 4.78 is 10.9. The van der Waals surface area contributed by atoms with Crippen LogP contribution in [0.4, 0.5) is 5.69 Å². The molecular weight excluding hydrogens is 448 g/mol. The topological polar surface area (TPSA) is 76.7 Å². The summed E-state index contributed by atoms with van der Waals surface area (Å²) in [5.74, 6) is 0.0527. The lowest BCUT2D eigenvalue weighted by Gasteiger charge is -2.19. The van der Waals surface area contributed by atoms with E-state index >= 15 is 0 Å². The highest BCUT2D eigenvalue weighted by Crippen LogP contribution is 2.27. The number of carbonyl (C=O) groups excluding carboxylic acids is 2. The van der Waals surface area contributed by atoms with Crippen molar-refractivity contribution in [1.29, 1.82) is 0 Å². The number of methoxy groups -OCH3 is 2. The third kappa shape index (κ3) is 6.73. The number of rotatable bonds is 9. The van der Waals surface area contributed by atoms with E-state index in [1.165, 1.54) is 7.11 Å². The Morgan fingerprint density at radius 3 is 2.64 bits per heavy atom. The highest BCUT2D eigenvalue weighted by atomic mass is 79.9. The molecule has 0 aliphatic heterocycles. The van der Waals surface area contributed by atoms with Crippen LogP contribution in [0.1, 0.15) is 24.4 Å². The molecule has 0 spiro atoms. The van der Waals surface area contributed by atoms with Gasteiger partial charge in [0.15, 0.2) is 0 Å². The molecule has 1 unspecified atom stereocenters. The van der Waals surface area contributed by atoms with Gasteiger partial charge in [-0.15, -0.1) is 0 Å². The third-order valence-electron chi connectivity index (χ3n) is 4.01. The fourth-order valence-electron chi connectivity index (χ4n) is 2.62. The molecule has 0 radical (unpaired) electrons. The number of hydrogen-bond donors (Lipinski definition) is 2. The molecular formula is C20H22BrClN2O4. The molecule has 2 aromatic carbocycles.